The van der Waals surface area contributed by atoms with Crippen molar-refractivity contribution in [3.63, 3.8) is 0 Å². The molecule has 0 bridgehead atoms. The first-order valence-corrected chi connectivity index (χ1v) is 10.9. The number of aliphatic imine (C=N–C) groups is 1. The third-order valence-corrected chi connectivity index (χ3v) is 6.72. The van der Waals surface area contributed by atoms with Gasteiger partial charge in [-0.25, -0.2) is 4.68 Å². The number of carbonyl (C=O) groups excluding carboxylic acids is 1. The number of nitrogens with one attached hydrogen (secondary N) is 1. The van der Waals surface area contributed by atoms with Crippen LogP contribution in [0.2, 0.25) is 0 Å². The Morgan fingerprint density at radius 1 is 1.21 bits per heavy atom. The fourth-order valence-electron chi connectivity index (χ4n) is 5.10. The van der Waals surface area contributed by atoms with Crippen molar-refractivity contribution < 1.29 is 14.3 Å². The highest BCUT2D eigenvalue weighted by molar-refractivity contribution is 6.21. The molecule has 1 amide bonds. The van der Waals surface area contributed by atoms with Gasteiger partial charge in [-0.1, -0.05) is 37.3 Å². The molecule has 4 unspecified atom stereocenters. The molecule has 3 aliphatic heterocycles. The van der Waals surface area contributed by atoms with Crippen molar-refractivity contribution in [1.29, 1.82) is 0 Å². The fourth-order valence-corrected chi connectivity index (χ4v) is 5.10. The molecule has 1 aromatic rings. The predicted octanol–water partition coefficient (Wildman–Crippen LogP) is 1.63. The van der Waals surface area contributed by atoms with Crippen LogP contribution >= 0.6 is 0 Å². The van der Waals surface area contributed by atoms with Gasteiger partial charge >= 0.3 is 0 Å². The lowest BCUT2D eigenvalue weighted by Gasteiger charge is -2.20. The maximum Gasteiger partial charge on any atom is 0.253 e. The molecule has 5 rings (SSSR count). The number of rotatable bonds is 5. The van der Waals surface area contributed by atoms with Crippen LogP contribution in [0.25, 0.3) is 0 Å². The van der Waals surface area contributed by atoms with E-state index in [0.717, 1.165) is 23.7 Å². The van der Waals surface area contributed by atoms with E-state index >= 15 is 0 Å². The monoisotopic (exact) mass is 399 g/mol. The number of amides is 1. The second kappa shape index (κ2) is 7.99. The number of nitrogens with zero attached hydrogens (tertiary/aromatic N) is 4. The summed E-state index contributed by atoms with van der Waals surface area (Å²) in [7, 11) is 0. The molecule has 2 saturated heterocycles. The lowest BCUT2D eigenvalue weighted by Crippen LogP contribution is -2.45. The minimum Gasteiger partial charge on any atom is -0.371 e. The molecule has 4 atom stereocenters. The zero-order chi connectivity index (χ0) is 19.8. The normalized spacial score (nSPS) is 32.2. The molecule has 8 nitrogen and oxygen atoms in total. The lowest BCUT2D eigenvalue weighted by atomic mass is 9.86. The van der Waals surface area contributed by atoms with E-state index in [1.54, 1.807) is 0 Å². The standard InChI is InChI=1S/C21H29N5O3/c1-13-16(7-8-22-13)21(27)23-17-11-28-20-18(12-29-19(17)20)26-10-15(24-25-26)9-14-5-3-2-4-6-14/h7,10,14,17-20H,2-6,8-9,11-12H2,1H3,(H,23,27). The number of ether oxygens (including phenoxy) is 2. The minimum atomic E-state index is -0.158. The molecule has 0 aromatic carbocycles. The zero-order valence-corrected chi connectivity index (χ0v) is 16.9. The highest BCUT2D eigenvalue weighted by atomic mass is 16.6. The van der Waals surface area contributed by atoms with Crippen LogP contribution in [-0.2, 0) is 20.7 Å². The van der Waals surface area contributed by atoms with Crippen LogP contribution in [0.15, 0.2) is 22.8 Å². The molecule has 29 heavy (non-hydrogen) atoms. The summed E-state index contributed by atoms with van der Waals surface area (Å²) < 4.78 is 14.0. The van der Waals surface area contributed by atoms with Crippen molar-refractivity contribution in [3.8, 4) is 0 Å². The second-order valence-corrected chi connectivity index (χ2v) is 8.69. The maximum atomic E-state index is 12.5. The quantitative estimate of drug-likeness (QED) is 0.813. The summed E-state index contributed by atoms with van der Waals surface area (Å²) in [4.78, 5) is 16.8. The summed E-state index contributed by atoms with van der Waals surface area (Å²) in [6, 6.07) is -0.152. The molecule has 0 radical (unpaired) electrons. The topological polar surface area (TPSA) is 90.6 Å². The molecule has 1 N–H and O–H groups in total. The van der Waals surface area contributed by atoms with E-state index in [-0.39, 0.29) is 30.2 Å². The first-order valence-electron chi connectivity index (χ1n) is 10.9. The summed E-state index contributed by atoms with van der Waals surface area (Å²) in [6.07, 6.45) is 11.3. The predicted molar refractivity (Wildman–Crippen MR) is 107 cm³/mol. The SMILES string of the molecule is CC1=NCC=C1C(=O)NC1COC2C1OCC2n1cc(CC2CCCCC2)nn1. The Morgan fingerprint density at radius 2 is 2.03 bits per heavy atom. The van der Waals surface area contributed by atoms with Crippen molar-refractivity contribution >= 4 is 11.6 Å². The molecule has 1 saturated carbocycles. The van der Waals surface area contributed by atoms with Crippen molar-refractivity contribution in [3.05, 3.63) is 23.5 Å². The Morgan fingerprint density at radius 3 is 2.83 bits per heavy atom. The highest BCUT2D eigenvalue weighted by Gasteiger charge is 2.49. The Hall–Kier alpha value is -2.06. The van der Waals surface area contributed by atoms with Crippen LogP contribution in [0.5, 0.6) is 0 Å². The van der Waals surface area contributed by atoms with E-state index in [9.17, 15) is 4.79 Å². The second-order valence-electron chi connectivity index (χ2n) is 8.69. The van der Waals surface area contributed by atoms with Crippen molar-refractivity contribution in [2.75, 3.05) is 19.8 Å². The summed E-state index contributed by atoms with van der Waals surface area (Å²) in [5, 5.41) is 11.9. The van der Waals surface area contributed by atoms with Crippen molar-refractivity contribution in [2.24, 2.45) is 10.9 Å². The molecular weight excluding hydrogens is 370 g/mol. The van der Waals surface area contributed by atoms with Crippen molar-refractivity contribution in [2.45, 2.75) is 69.7 Å². The van der Waals surface area contributed by atoms with Gasteiger partial charge in [-0.2, -0.15) is 0 Å². The molecule has 1 aromatic heterocycles. The number of aromatic nitrogens is 3. The number of fused-ring (bicyclic) bond motifs is 1. The van der Waals surface area contributed by atoms with Crippen LogP contribution < -0.4 is 5.32 Å². The Labute approximate surface area is 170 Å². The number of hydrogen-bond acceptors (Lipinski definition) is 6. The summed E-state index contributed by atoms with van der Waals surface area (Å²) in [6.45, 7) is 3.42. The van der Waals surface area contributed by atoms with Gasteiger partial charge in [-0.05, 0) is 25.3 Å². The fraction of sp³-hybridized carbons (Fsp3) is 0.714. The Kier molecular flexibility index (Phi) is 5.22. The van der Waals surface area contributed by atoms with Crippen LogP contribution in [0.4, 0.5) is 0 Å². The van der Waals surface area contributed by atoms with Crippen LogP contribution in [0.1, 0.15) is 50.8 Å². The van der Waals surface area contributed by atoms with E-state index in [0.29, 0.717) is 25.3 Å². The van der Waals surface area contributed by atoms with E-state index in [1.807, 2.05) is 17.7 Å². The van der Waals surface area contributed by atoms with Gasteiger partial charge in [0.15, 0.2) is 0 Å². The van der Waals surface area contributed by atoms with Gasteiger partial charge < -0.3 is 14.8 Å². The van der Waals surface area contributed by atoms with Gasteiger partial charge in [-0.3, -0.25) is 9.79 Å². The molecule has 0 spiro atoms. The lowest BCUT2D eigenvalue weighted by molar-refractivity contribution is -0.118. The van der Waals surface area contributed by atoms with E-state index in [1.165, 1.54) is 32.1 Å². The smallest absolute Gasteiger partial charge is 0.253 e. The van der Waals surface area contributed by atoms with E-state index in [2.05, 4.69) is 26.8 Å². The van der Waals surface area contributed by atoms with E-state index < -0.39 is 0 Å². The van der Waals surface area contributed by atoms with Crippen molar-refractivity contribution in [1.82, 2.24) is 20.3 Å². The average Bonchev–Trinajstić information content (AvgIpc) is 3.49. The van der Waals surface area contributed by atoms with Gasteiger partial charge in [0, 0.05) is 11.9 Å². The summed E-state index contributed by atoms with van der Waals surface area (Å²) >= 11 is 0. The average molecular weight is 399 g/mol. The largest absolute Gasteiger partial charge is 0.371 e. The third kappa shape index (κ3) is 3.75. The molecule has 4 heterocycles. The first-order chi connectivity index (χ1) is 14.2. The Bertz CT molecular complexity index is 826. The van der Waals surface area contributed by atoms with Gasteiger partial charge in [0.2, 0.25) is 0 Å². The zero-order valence-electron chi connectivity index (χ0n) is 16.9. The number of carbonyl (C=O) groups is 1. The van der Waals surface area contributed by atoms with Crippen LogP contribution in [-0.4, -0.2) is 64.6 Å². The van der Waals surface area contributed by atoms with Gasteiger partial charge in [0.05, 0.1) is 37.1 Å². The molecular formula is C21H29N5O3. The summed E-state index contributed by atoms with van der Waals surface area (Å²) in [5.41, 5.74) is 2.51. The molecule has 8 heteroatoms. The summed E-state index contributed by atoms with van der Waals surface area (Å²) in [5.74, 6) is 0.640. The maximum absolute atomic E-state index is 12.5. The Balaban J connectivity index is 1.20. The molecule has 156 valence electrons. The van der Waals surface area contributed by atoms with Gasteiger partial charge in [-0.15, -0.1) is 5.10 Å². The van der Waals surface area contributed by atoms with E-state index in [4.69, 9.17) is 9.47 Å². The minimum absolute atomic E-state index is 0.00324. The number of hydrogen-bond donors (Lipinski definition) is 1. The van der Waals surface area contributed by atoms with Crippen LogP contribution in [0.3, 0.4) is 0 Å². The van der Waals surface area contributed by atoms with Gasteiger partial charge in [0.1, 0.15) is 18.2 Å². The molecule has 3 fully saturated rings. The van der Waals surface area contributed by atoms with Gasteiger partial charge in [0.25, 0.3) is 5.91 Å². The van der Waals surface area contributed by atoms with Crippen LogP contribution in [0, 0.1) is 5.92 Å². The first kappa shape index (κ1) is 18.9. The molecule has 4 aliphatic rings. The third-order valence-electron chi connectivity index (χ3n) is 6.72. The molecule has 1 aliphatic carbocycles. The highest BCUT2D eigenvalue weighted by Crippen LogP contribution is 2.34.